The second kappa shape index (κ2) is 3.37. The van der Waals surface area contributed by atoms with Crippen LogP contribution in [0, 0.1) is 0 Å². The van der Waals surface area contributed by atoms with Crippen LogP contribution in [0.5, 0.6) is 0 Å². The summed E-state index contributed by atoms with van der Waals surface area (Å²) in [6, 6.07) is 2.49. The van der Waals surface area contributed by atoms with Crippen LogP contribution in [0.1, 0.15) is 23.2 Å². The summed E-state index contributed by atoms with van der Waals surface area (Å²) in [5.41, 5.74) is 0.841. The Labute approximate surface area is 75.6 Å². The van der Waals surface area contributed by atoms with Gasteiger partial charge in [0, 0.05) is 17.0 Å². The van der Waals surface area contributed by atoms with Crippen LogP contribution in [0.25, 0.3) is 0 Å². The molecular weight excluding hydrogens is 170 g/mol. The summed E-state index contributed by atoms with van der Waals surface area (Å²) >= 11 is 1.57. The number of Topliss-reactive ketones (excluding diaryl/α,β-unsaturated/α-hetero) is 1. The van der Waals surface area contributed by atoms with E-state index in [0.717, 1.165) is 5.56 Å². The fourth-order valence-corrected chi connectivity index (χ4v) is 1.71. The number of carbonyl (C=O) groups is 1. The average molecular weight is 181 g/mol. The molecule has 2 rings (SSSR count). The molecule has 2 nitrogen and oxygen atoms in total. The second-order valence-electron chi connectivity index (χ2n) is 3.09. The van der Waals surface area contributed by atoms with E-state index in [1.807, 2.05) is 16.8 Å². The SMILES string of the molecule is O=C(CNC1CC1)c1ccsc1. The minimum atomic E-state index is 0.211. The lowest BCUT2D eigenvalue weighted by Crippen LogP contribution is -2.24. The van der Waals surface area contributed by atoms with Gasteiger partial charge in [-0.3, -0.25) is 4.79 Å². The minimum absolute atomic E-state index is 0.211. The maximum absolute atomic E-state index is 11.4. The Morgan fingerprint density at radius 3 is 3.08 bits per heavy atom. The number of hydrogen-bond acceptors (Lipinski definition) is 3. The summed E-state index contributed by atoms with van der Waals surface area (Å²) in [4.78, 5) is 11.4. The van der Waals surface area contributed by atoms with Crippen molar-refractivity contribution >= 4 is 17.1 Å². The first-order chi connectivity index (χ1) is 5.86. The predicted octanol–water partition coefficient (Wildman–Crippen LogP) is 1.68. The Morgan fingerprint density at radius 1 is 1.67 bits per heavy atom. The van der Waals surface area contributed by atoms with E-state index in [4.69, 9.17) is 0 Å². The maximum atomic E-state index is 11.4. The molecule has 1 fully saturated rings. The van der Waals surface area contributed by atoms with Crippen LogP contribution >= 0.6 is 11.3 Å². The molecule has 0 aliphatic heterocycles. The first-order valence-electron chi connectivity index (χ1n) is 4.15. The van der Waals surface area contributed by atoms with Crippen LogP contribution in [0.4, 0.5) is 0 Å². The summed E-state index contributed by atoms with van der Waals surface area (Å²) in [5, 5.41) is 7.03. The average Bonchev–Trinajstić information content (AvgIpc) is 2.74. The molecule has 1 aromatic rings. The van der Waals surface area contributed by atoms with E-state index < -0.39 is 0 Å². The predicted molar refractivity (Wildman–Crippen MR) is 49.7 cm³/mol. The Hall–Kier alpha value is -0.670. The molecule has 64 valence electrons. The highest BCUT2D eigenvalue weighted by molar-refractivity contribution is 7.08. The number of thiophene rings is 1. The third-order valence-electron chi connectivity index (χ3n) is 1.97. The van der Waals surface area contributed by atoms with Crippen LogP contribution in [0.2, 0.25) is 0 Å². The molecule has 0 atom stereocenters. The van der Waals surface area contributed by atoms with Crippen molar-refractivity contribution in [3.8, 4) is 0 Å². The molecule has 1 saturated carbocycles. The van der Waals surface area contributed by atoms with Gasteiger partial charge in [0.05, 0.1) is 6.54 Å². The molecule has 12 heavy (non-hydrogen) atoms. The van der Waals surface area contributed by atoms with Crippen molar-refractivity contribution < 1.29 is 4.79 Å². The molecule has 1 aliphatic carbocycles. The largest absolute Gasteiger partial charge is 0.307 e. The molecule has 0 unspecified atom stereocenters. The van der Waals surface area contributed by atoms with Crippen molar-refractivity contribution in [2.45, 2.75) is 18.9 Å². The van der Waals surface area contributed by atoms with Gasteiger partial charge in [-0.2, -0.15) is 11.3 Å². The fraction of sp³-hybridized carbons (Fsp3) is 0.444. The summed E-state index contributed by atoms with van der Waals surface area (Å²) in [7, 11) is 0. The third-order valence-corrected chi connectivity index (χ3v) is 2.66. The molecule has 0 amide bonds. The van der Waals surface area contributed by atoms with E-state index in [0.29, 0.717) is 12.6 Å². The van der Waals surface area contributed by atoms with Gasteiger partial charge in [-0.15, -0.1) is 0 Å². The van der Waals surface area contributed by atoms with E-state index in [2.05, 4.69) is 5.32 Å². The van der Waals surface area contributed by atoms with E-state index in [1.54, 1.807) is 11.3 Å². The first kappa shape index (κ1) is 7.95. The van der Waals surface area contributed by atoms with E-state index >= 15 is 0 Å². The summed E-state index contributed by atoms with van der Waals surface area (Å²) in [5.74, 6) is 0.211. The van der Waals surface area contributed by atoms with Gasteiger partial charge in [-0.05, 0) is 24.3 Å². The summed E-state index contributed by atoms with van der Waals surface area (Å²) in [6.45, 7) is 0.501. The third kappa shape index (κ3) is 1.93. The van der Waals surface area contributed by atoms with Gasteiger partial charge in [0.15, 0.2) is 5.78 Å². The van der Waals surface area contributed by atoms with E-state index in [9.17, 15) is 4.79 Å². The molecule has 1 heterocycles. The zero-order valence-corrected chi connectivity index (χ0v) is 7.56. The second-order valence-corrected chi connectivity index (χ2v) is 3.87. The quantitative estimate of drug-likeness (QED) is 0.716. The highest BCUT2D eigenvalue weighted by Gasteiger charge is 2.21. The monoisotopic (exact) mass is 181 g/mol. The Kier molecular flexibility index (Phi) is 2.23. The van der Waals surface area contributed by atoms with Crippen molar-refractivity contribution in [3.05, 3.63) is 22.4 Å². The molecule has 0 bridgehead atoms. The molecule has 1 aliphatic rings. The molecule has 3 heteroatoms. The Balaban J connectivity index is 1.83. The van der Waals surface area contributed by atoms with Crippen molar-refractivity contribution in [1.82, 2.24) is 5.32 Å². The number of nitrogens with one attached hydrogen (secondary N) is 1. The number of rotatable bonds is 4. The molecule has 0 saturated heterocycles. The van der Waals surface area contributed by atoms with Gasteiger partial charge >= 0.3 is 0 Å². The number of hydrogen-bond donors (Lipinski definition) is 1. The van der Waals surface area contributed by atoms with Crippen molar-refractivity contribution in [2.75, 3.05) is 6.54 Å². The van der Waals surface area contributed by atoms with E-state index in [1.165, 1.54) is 12.8 Å². The molecule has 0 aromatic carbocycles. The lowest BCUT2D eigenvalue weighted by molar-refractivity contribution is 0.0991. The Morgan fingerprint density at radius 2 is 2.50 bits per heavy atom. The van der Waals surface area contributed by atoms with Gasteiger partial charge in [-0.1, -0.05) is 0 Å². The summed E-state index contributed by atoms with van der Waals surface area (Å²) < 4.78 is 0. The molecular formula is C9H11NOS. The fourth-order valence-electron chi connectivity index (χ4n) is 1.05. The van der Waals surface area contributed by atoms with Gasteiger partial charge in [0.2, 0.25) is 0 Å². The smallest absolute Gasteiger partial charge is 0.177 e. The van der Waals surface area contributed by atoms with Crippen molar-refractivity contribution in [2.24, 2.45) is 0 Å². The van der Waals surface area contributed by atoms with Gasteiger partial charge in [0.25, 0.3) is 0 Å². The van der Waals surface area contributed by atoms with Crippen molar-refractivity contribution in [3.63, 3.8) is 0 Å². The normalized spacial score (nSPS) is 16.3. The Bertz CT molecular complexity index is 264. The van der Waals surface area contributed by atoms with Crippen LogP contribution in [-0.4, -0.2) is 18.4 Å². The van der Waals surface area contributed by atoms with Gasteiger partial charge < -0.3 is 5.32 Å². The lowest BCUT2D eigenvalue weighted by Gasteiger charge is -1.98. The van der Waals surface area contributed by atoms with Crippen molar-refractivity contribution in [1.29, 1.82) is 0 Å². The maximum Gasteiger partial charge on any atom is 0.177 e. The highest BCUT2D eigenvalue weighted by Crippen LogP contribution is 2.18. The first-order valence-corrected chi connectivity index (χ1v) is 5.09. The molecule has 1 N–H and O–H groups in total. The standard InChI is InChI=1S/C9H11NOS/c11-9(5-10-8-1-2-8)7-3-4-12-6-7/h3-4,6,8,10H,1-2,5H2. The molecule has 0 spiro atoms. The zero-order chi connectivity index (χ0) is 8.39. The summed E-state index contributed by atoms with van der Waals surface area (Å²) in [6.07, 6.45) is 2.47. The molecule has 1 aromatic heterocycles. The van der Waals surface area contributed by atoms with Crippen LogP contribution in [0.3, 0.4) is 0 Å². The zero-order valence-electron chi connectivity index (χ0n) is 6.75. The van der Waals surface area contributed by atoms with Crippen LogP contribution in [-0.2, 0) is 0 Å². The van der Waals surface area contributed by atoms with Gasteiger partial charge in [-0.25, -0.2) is 0 Å². The minimum Gasteiger partial charge on any atom is -0.307 e. The van der Waals surface area contributed by atoms with Gasteiger partial charge in [0.1, 0.15) is 0 Å². The lowest BCUT2D eigenvalue weighted by atomic mass is 10.2. The number of ketones is 1. The van der Waals surface area contributed by atoms with Crippen LogP contribution in [0.15, 0.2) is 16.8 Å². The van der Waals surface area contributed by atoms with E-state index in [-0.39, 0.29) is 5.78 Å². The van der Waals surface area contributed by atoms with Crippen LogP contribution < -0.4 is 5.32 Å². The molecule has 0 radical (unpaired) electrons. The highest BCUT2D eigenvalue weighted by atomic mass is 32.1. The number of carbonyl (C=O) groups excluding carboxylic acids is 1. The topological polar surface area (TPSA) is 29.1 Å².